The van der Waals surface area contributed by atoms with E-state index in [0.29, 0.717) is 32.7 Å². The predicted octanol–water partition coefficient (Wildman–Crippen LogP) is 3.93. The number of amidine groups is 1. The average molecular weight is 415 g/mol. The number of hydrogen-bond donors (Lipinski definition) is 2. The summed E-state index contributed by atoms with van der Waals surface area (Å²) in [5.74, 6) is 0.566. The van der Waals surface area contributed by atoms with E-state index in [0.717, 1.165) is 5.41 Å². The minimum absolute atomic E-state index is 0.301. The van der Waals surface area contributed by atoms with E-state index in [-0.39, 0.29) is 5.84 Å². The van der Waals surface area contributed by atoms with Gasteiger partial charge in [0, 0.05) is 5.56 Å². The molecule has 138 valence electrons. The van der Waals surface area contributed by atoms with Crippen molar-refractivity contribution in [2.45, 2.75) is 0 Å². The molecule has 0 amide bonds. The molecule has 0 aromatic heterocycles. The summed E-state index contributed by atoms with van der Waals surface area (Å²) in [4.78, 5) is 0. The number of methoxy groups -OCH3 is 2. The molecule has 9 heteroatoms. The molecule has 2 rings (SSSR count). The van der Waals surface area contributed by atoms with Crippen LogP contribution in [-0.2, 0) is 10.0 Å². The Morgan fingerprint density at radius 2 is 1.73 bits per heavy atom. The number of nitrogens with one attached hydrogen (secondary N) is 2. The molecule has 0 aliphatic carbocycles. The van der Waals surface area contributed by atoms with Crippen LogP contribution >= 0.6 is 23.2 Å². The first kappa shape index (κ1) is 20.1. The third kappa shape index (κ3) is 5.14. The highest BCUT2D eigenvalue weighted by Crippen LogP contribution is 2.27. The quantitative estimate of drug-likeness (QED) is 0.553. The molecule has 0 unspecified atom stereocenters. The SMILES string of the molecule is COc1ccc(C(=N)NS(=O)(=O)C=Cc2ccc(Cl)c(Cl)c2)cc1OC. The van der Waals surface area contributed by atoms with Crippen molar-refractivity contribution in [3.05, 3.63) is 63.0 Å². The largest absolute Gasteiger partial charge is 0.493 e. The molecule has 0 fully saturated rings. The third-order valence-corrected chi connectivity index (χ3v) is 5.02. The molecular weight excluding hydrogens is 399 g/mol. The molecule has 0 spiro atoms. The van der Waals surface area contributed by atoms with Crippen molar-refractivity contribution >= 4 is 45.1 Å². The Hall–Kier alpha value is -2.22. The van der Waals surface area contributed by atoms with Crippen molar-refractivity contribution < 1.29 is 17.9 Å². The van der Waals surface area contributed by atoms with Gasteiger partial charge in [-0.1, -0.05) is 29.3 Å². The average Bonchev–Trinajstić information content (AvgIpc) is 2.61. The van der Waals surface area contributed by atoms with Crippen LogP contribution in [0.5, 0.6) is 11.5 Å². The Morgan fingerprint density at radius 1 is 1.04 bits per heavy atom. The lowest BCUT2D eigenvalue weighted by Gasteiger charge is -2.11. The van der Waals surface area contributed by atoms with Gasteiger partial charge in [0.15, 0.2) is 11.5 Å². The summed E-state index contributed by atoms with van der Waals surface area (Å²) < 4.78 is 36.8. The smallest absolute Gasteiger partial charge is 0.256 e. The van der Waals surface area contributed by atoms with Gasteiger partial charge in [-0.3, -0.25) is 10.1 Å². The van der Waals surface area contributed by atoms with E-state index in [2.05, 4.69) is 4.72 Å². The van der Waals surface area contributed by atoms with Gasteiger partial charge in [0.2, 0.25) is 0 Å². The second kappa shape index (κ2) is 8.44. The van der Waals surface area contributed by atoms with Gasteiger partial charge in [-0.05, 0) is 42.0 Å². The maximum atomic E-state index is 12.2. The van der Waals surface area contributed by atoms with E-state index >= 15 is 0 Å². The number of halogens is 2. The summed E-state index contributed by atoms with van der Waals surface area (Å²) in [6.45, 7) is 0. The molecule has 2 N–H and O–H groups in total. The highest BCUT2D eigenvalue weighted by Gasteiger charge is 2.13. The topological polar surface area (TPSA) is 88.5 Å². The Bertz CT molecular complexity index is 959. The Kier molecular flexibility index (Phi) is 6.52. The second-order valence-electron chi connectivity index (χ2n) is 5.07. The van der Waals surface area contributed by atoms with Crippen LogP contribution in [0.2, 0.25) is 10.0 Å². The molecular formula is C17H16Cl2N2O4S. The lowest BCUT2D eigenvalue weighted by molar-refractivity contribution is 0.355. The van der Waals surface area contributed by atoms with Gasteiger partial charge in [-0.2, -0.15) is 0 Å². The van der Waals surface area contributed by atoms with Crippen LogP contribution < -0.4 is 14.2 Å². The lowest BCUT2D eigenvalue weighted by atomic mass is 10.2. The lowest BCUT2D eigenvalue weighted by Crippen LogP contribution is -2.28. The van der Waals surface area contributed by atoms with Crippen LogP contribution in [0.1, 0.15) is 11.1 Å². The number of sulfonamides is 1. The first-order valence-electron chi connectivity index (χ1n) is 7.22. The summed E-state index contributed by atoms with van der Waals surface area (Å²) in [6.07, 6.45) is 1.35. The van der Waals surface area contributed by atoms with E-state index in [9.17, 15) is 8.42 Å². The molecule has 0 bridgehead atoms. The van der Waals surface area contributed by atoms with Crippen LogP contribution in [-0.4, -0.2) is 28.5 Å². The summed E-state index contributed by atoms with van der Waals surface area (Å²) in [5, 5.41) is 9.61. The third-order valence-electron chi connectivity index (χ3n) is 3.30. The van der Waals surface area contributed by atoms with Crippen LogP contribution in [0.15, 0.2) is 41.8 Å². The highest BCUT2D eigenvalue weighted by molar-refractivity contribution is 7.93. The number of benzene rings is 2. The van der Waals surface area contributed by atoms with E-state index in [1.165, 1.54) is 32.4 Å². The zero-order valence-corrected chi connectivity index (χ0v) is 16.2. The van der Waals surface area contributed by atoms with E-state index < -0.39 is 10.0 Å². The van der Waals surface area contributed by atoms with E-state index in [4.69, 9.17) is 38.1 Å². The molecule has 0 radical (unpaired) electrons. The summed E-state index contributed by atoms with van der Waals surface area (Å²) >= 11 is 11.7. The van der Waals surface area contributed by atoms with Gasteiger partial charge < -0.3 is 9.47 Å². The van der Waals surface area contributed by atoms with Gasteiger partial charge in [0.1, 0.15) is 5.84 Å². The fraction of sp³-hybridized carbons (Fsp3) is 0.118. The fourth-order valence-electron chi connectivity index (χ4n) is 2.01. The number of hydrogen-bond acceptors (Lipinski definition) is 5. The van der Waals surface area contributed by atoms with Gasteiger partial charge in [-0.15, -0.1) is 0 Å². The second-order valence-corrected chi connectivity index (χ2v) is 7.45. The van der Waals surface area contributed by atoms with Gasteiger partial charge in [-0.25, -0.2) is 8.42 Å². The van der Waals surface area contributed by atoms with Crippen molar-refractivity contribution in [2.24, 2.45) is 0 Å². The van der Waals surface area contributed by atoms with Crippen LogP contribution in [0, 0.1) is 5.41 Å². The predicted molar refractivity (Wildman–Crippen MR) is 104 cm³/mol. The number of rotatable bonds is 6. The maximum absolute atomic E-state index is 12.2. The van der Waals surface area contributed by atoms with Crippen molar-refractivity contribution in [3.63, 3.8) is 0 Å². The molecule has 0 heterocycles. The first-order valence-corrected chi connectivity index (χ1v) is 9.53. The van der Waals surface area contributed by atoms with Crippen molar-refractivity contribution in [1.29, 1.82) is 5.41 Å². The Balaban J connectivity index is 2.16. The Morgan fingerprint density at radius 3 is 2.35 bits per heavy atom. The minimum atomic E-state index is -3.89. The fourth-order valence-corrected chi connectivity index (χ4v) is 3.12. The van der Waals surface area contributed by atoms with Gasteiger partial charge in [0.25, 0.3) is 10.0 Å². The Labute approximate surface area is 161 Å². The molecule has 0 saturated carbocycles. The molecule has 0 atom stereocenters. The summed E-state index contributed by atoms with van der Waals surface area (Å²) in [5.41, 5.74) is 0.886. The van der Waals surface area contributed by atoms with Crippen LogP contribution in [0.3, 0.4) is 0 Å². The summed E-state index contributed by atoms with van der Waals surface area (Å²) in [7, 11) is -0.949. The first-order chi connectivity index (χ1) is 12.3. The molecule has 6 nitrogen and oxygen atoms in total. The summed E-state index contributed by atoms with van der Waals surface area (Å²) in [6, 6.07) is 9.37. The number of ether oxygens (including phenoxy) is 2. The monoisotopic (exact) mass is 414 g/mol. The zero-order valence-electron chi connectivity index (χ0n) is 13.9. The van der Waals surface area contributed by atoms with Crippen molar-refractivity contribution in [2.75, 3.05) is 14.2 Å². The van der Waals surface area contributed by atoms with Crippen LogP contribution in [0.25, 0.3) is 6.08 Å². The van der Waals surface area contributed by atoms with Crippen molar-refractivity contribution in [3.8, 4) is 11.5 Å². The van der Waals surface area contributed by atoms with E-state index in [1.54, 1.807) is 24.3 Å². The van der Waals surface area contributed by atoms with E-state index in [1.807, 2.05) is 0 Å². The molecule has 0 saturated heterocycles. The molecule has 2 aromatic carbocycles. The highest BCUT2D eigenvalue weighted by atomic mass is 35.5. The molecule has 0 aliphatic rings. The maximum Gasteiger partial charge on any atom is 0.256 e. The van der Waals surface area contributed by atoms with Crippen molar-refractivity contribution in [1.82, 2.24) is 4.72 Å². The zero-order chi connectivity index (χ0) is 19.3. The molecule has 2 aromatic rings. The minimum Gasteiger partial charge on any atom is -0.493 e. The van der Waals surface area contributed by atoms with Gasteiger partial charge >= 0.3 is 0 Å². The normalized spacial score (nSPS) is 11.4. The molecule has 26 heavy (non-hydrogen) atoms. The van der Waals surface area contributed by atoms with Gasteiger partial charge in [0.05, 0.1) is 29.7 Å². The molecule has 0 aliphatic heterocycles. The standard InChI is InChI=1S/C17H16Cl2N2O4S/c1-24-15-6-4-12(10-16(15)25-2)17(20)21-26(22,23)8-7-11-3-5-13(18)14(19)9-11/h3-10H,1-2H3,(H2,20,21). The van der Waals surface area contributed by atoms with Crippen LogP contribution in [0.4, 0.5) is 0 Å².